The van der Waals surface area contributed by atoms with Crippen molar-refractivity contribution in [2.24, 2.45) is 0 Å². The zero-order valence-electron chi connectivity index (χ0n) is 10.3. The van der Waals surface area contributed by atoms with Gasteiger partial charge in [-0.2, -0.15) is 4.72 Å². The van der Waals surface area contributed by atoms with Crippen LogP contribution in [0.3, 0.4) is 0 Å². The molecule has 1 aromatic carbocycles. The van der Waals surface area contributed by atoms with E-state index in [9.17, 15) is 8.42 Å². The monoisotopic (exact) mass is 331 g/mol. The smallest absolute Gasteiger partial charge is 0.245 e. The Morgan fingerprint density at radius 2 is 2.06 bits per heavy atom. The summed E-state index contributed by atoms with van der Waals surface area (Å²) < 4.78 is 32.6. The second-order valence-corrected chi connectivity index (χ2v) is 6.74. The number of benzene rings is 1. The van der Waals surface area contributed by atoms with Gasteiger partial charge < -0.3 is 4.74 Å². The van der Waals surface area contributed by atoms with E-state index in [4.69, 9.17) is 11.2 Å². The molecule has 18 heavy (non-hydrogen) atoms. The average molecular weight is 332 g/mol. The van der Waals surface area contributed by atoms with E-state index in [1.165, 1.54) is 13.2 Å². The molecule has 0 spiro atoms. The molecule has 98 valence electrons. The van der Waals surface area contributed by atoms with Crippen LogP contribution in [0.1, 0.15) is 13.8 Å². The van der Waals surface area contributed by atoms with E-state index >= 15 is 0 Å². The van der Waals surface area contributed by atoms with Gasteiger partial charge in [0.2, 0.25) is 10.0 Å². The first kappa shape index (κ1) is 15.0. The third kappa shape index (κ3) is 3.48. The van der Waals surface area contributed by atoms with E-state index in [0.717, 1.165) is 0 Å². The average Bonchev–Trinajstić information content (AvgIpc) is 2.28. The van der Waals surface area contributed by atoms with Gasteiger partial charge in [-0.25, -0.2) is 8.42 Å². The summed E-state index contributed by atoms with van der Waals surface area (Å²) in [6.45, 7) is 3.21. The highest BCUT2D eigenvalue weighted by Gasteiger charge is 2.27. The maximum Gasteiger partial charge on any atom is 0.245 e. The molecule has 4 nitrogen and oxygen atoms in total. The predicted octanol–water partition coefficient (Wildman–Crippen LogP) is 2.15. The lowest BCUT2D eigenvalue weighted by Crippen LogP contribution is -2.42. The van der Waals surface area contributed by atoms with Crippen molar-refractivity contribution >= 4 is 26.0 Å². The molecule has 0 saturated carbocycles. The van der Waals surface area contributed by atoms with Crippen LogP contribution in [-0.4, -0.2) is 21.1 Å². The molecule has 0 fully saturated rings. The highest BCUT2D eigenvalue weighted by Crippen LogP contribution is 2.27. The van der Waals surface area contributed by atoms with E-state index in [1.807, 2.05) is 0 Å². The lowest BCUT2D eigenvalue weighted by Gasteiger charge is -2.20. The number of nitrogens with one attached hydrogen (secondary N) is 1. The fourth-order valence-electron chi connectivity index (χ4n) is 1.28. The van der Waals surface area contributed by atoms with Crippen LogP contribution in [-0.2, 0) is 10.0 Å². The van der Waals surface area contributed by atoms with Gasteiger partial charge in [0, 0.05) is 4.47 Å². The van der Waals surface area contributed by atoms with Gasteiger partial charge in [-0.15, -0.1) is 6.42 Å². The van der Waals surface area contributed by atoms with E-state index in [1.54, 1.807) is 26.0 Å². The molecule has 0 aliphatic heterocycles. The van der Waals surface area contributed by atoms with Crippen LogP contribution in [0.5, 0.6) is 5.75 Å². The Balaban J connectivity index is 3.29. The lowest BCUT2D eigenvalue weighted by molar-refractivity contribution is 0.401. The summed E-state index contributed by atoms with van der Waals surface area (Å²) in [7, 11) is -2.33. The van der Waals surface area contributed by atoms with Crippen LogP contribution in [0, 0.1) is 12.3 Å². The highest BCUT2D eigenvalue weighted by atomic mass is 79.9. The Kier molecular flexibility index (Phi) is 4.43. The molecule has 0 atom stereocenters. The molecule has 0 aromatic heterocycles. The number of sulfonamides is 1. The highest BCUT2D eigenvalue weighted by molar-refractivity contribution is 9.10. The summed E-state index contributed by atoms with van der Waals surface area (Å²) in [5.41, 5.74) is -0.966. The van der Waals surface area contributed by atoms with Crippen LogP contribution in [0.2, 0.25) is 0 Å². The molecule has 0 aliphatic carbocycles. The number of methoxy groups -OCH3 is 1. The first-order valence-corrected chi connectivity index (χ1v) is 7.35. The van der Waals surface area contributed by atoms with Gasteiger partial charge in [-0.3, -0.25) is 0 Å². The Bertz CT molecular complexity index is 588. The molecule has 6 heteroatoms. The summed E-state index contributed by atoms with van der Waals surface area (Å²) in [6.07, 6.45) is 5.27. The number of hydrogen-bond donors (Lipinski definition) is 1. The largest absolute Gasteiger partial charge is 0.495 e. The second kappa shape index (κ2) is 5.31. The summed E-state index contributed by atoms with van der Waals surface area (Å²) in [6, 6.07) is 4.74. The van der Waals surface area contributed by atoms with Gasteiger partial charge >= 0.3 is 0 Å². The van der Waals surface area contributed by atoms with Crippen molar-refractivity contribution in [3.8, 4) is 18.1 Å². The molecule has 0 heterocycles. The molecule has 0 aliphatic rings. The summed E-state index contributed by atoms with van der Waals surface area (Å²) >= 11 is 3.23. The standard InChI is InChI=1S/C12H14BrNO3S/c1-5-12(2,3)14-18(15,16)11-8-9(13)6-7-10(11)17-4/h1,6-8,14H,2-4H3. The number of hydrogen-bond acceptors (Lipinski definition) is 3. The Hall–Kier alpha value is -1.03. The van der Waals surface area contributed by atoms with Crippen molar-refractivity contribution in [2.45, 2.75) is 24.3 Å². The topological polar surface area (TPSA) is 55.4 Å². The van der Waals surface area contributed by atoms with E-state index in [-0.39, 0.29) is 10.6 Å². The minimum Gasteiger partial charge on any atom is -0.495 e. The van der Waals surface area contributed by atoms with Gasteiger partial charge in [0.25, 0.3) is 0 Å². The molecule has 1 N–H and O–H groups in total. The van der Waals surface area contributed by atoms with E-state index < -0.39 is 15.6 Å². The van der Waals surface area contributed by atoms with Crippen molar-refractivity contribution in [1.82, 2.24) is 4.72 Å². The van der Waals surface area contributed by atoms with Crippen LogP contribution in [0.15, 0.2) is 27.6 Å². The second-order valence-electron chi connectivity index (χ2n) is 4.17. The fraction of sp³-hybridized carbons (Fsp3) is 0.333. The fourth-order valence-corrected chi connectivity index (χ4v) is 3.33. The Morgan fingerprint density at radius 1 is 1.44 bits per heavy atom. The van der Waals surface area contributed by atoms with Crippen molar-refractivity contribution in [3.63, 3.8) is 0 Å². The molecule has 1 aromatic rings. The third-order valence-electron chi connectivity index (χ3n) is 2.17. The number of terminal acetylenes is 1. The summed E-state index contributed by atoms with van der Waals surface area (Å²) in [4.78, 5) is 0.0442. The maximum atomic E-state index is 12.2. The normalized spacial score (nSPS) is 11.9. The quantitative estimate of drug-likeness (QED) is 0.860. The number of ether oxygens (including phenoxy) is 1. The van der Waals surface area contributed by atoms with Crippen molar-refractivity contribution in [1.29, 1.82) is 0 Å². The zero-order valence-corrected chi connectivity index (χ0v) is 12.7. The number of rotatable bonds is 4. The summed E-state index contributed by atoms with van der Waals surface area (Å²) in [5.74, 6) is 2.64. The molecule has 1 rings (SSSR count). The van der Waals surface area contributed by atoms with E-state index in [2.05, 4.69) is 26.6 Å². The predicted molar refractivity (Wildman–Crippen MR) is 73.9 cm³/mol. The Labute approximate surface area is 116 Å². The third-order valence-corrected chi connectivity index (χ3v) is 4.34. The maximum absolute atomic E-state index is 12.2. The van der Waals surface area contributed by atoms with Gasteiger partial charge in [-0.05, 0) is 32.0 Å². The van der Waals surface area contributed by atoms with Crippen molar-refractivity contribution < 1.29 is 13.2 Å². The van der Waals surface area contributed by atoms with Crippen LogP contribution < -0.4 is 9.46 Å². The molecule has 0 bridgehead atoms. The van der Waals surface area contributed by atoms with Gasteiger partial charge in [0.05, 0.1) is 12.6 Å². The van der Waals surface area contributed by atoms with E-state index in [0.29, 0.717) is 4.47 Å². The van der Waals surface area contributed by atoms with Crippen LogP contribution in [0.4, 0.5) is 0 Å². The van der Waals surface area contributed by atoms with Gasteiger partial charge in [-0.1, -0.05) is 21.9 Å². The molecular weight excluding hydrogens is 318 g/mol. The molecule has 0 radical (unpaired) electrons. The zero-order chi connectivity index (χ0) is 14.0. The van der Waals surface area contributed by atoms with Crippen molar-refractivity contribution in [2.75, 3.05) is 7.11 Å². The molecule has 0 unspecified atom stereocenters. The molecular formula is C12H14BrNO3S. The lowest BCUT2D eigenvalue weighted by atomic mass is 10.1. The van der Waals surface area contributed by atoms with Gasteiger partial charge in [0.15, 0.2) is 0 Å². The minimum atomic E-state index is -3.74. The minimum absolute atomic E-state index is 0.0442. The first-order valence-electron chi connectivity index (χ1n) is 5.07. The van der Waals surface area contributed by atoms with Crippen molar-refractivity contribution in [3.05, 3.63) is 22.7 Å². The first-order chi connectivity index (χ1) is 8.22. The molecule has 0 saturated heterocycles. The summed E-state index contributed by atoms with van der Waals surface area (Å²) in [5, 5.41) is 0. The van der Waals surface area contributed by atoms with Gasteiger partial charge in [0.1, 0.15) is 10.6 Å². The number of halogens is 1. The van der Waals surface area contributed by atoms with Crippen LogP contribution in [0.25, 0.3) is 0 Å². The molecule has 0 amide bonds. The van der Waals surface area contributed by atoms with Crippen LogP contribution >= 0.6 is 15.9 Å². The SMILES string of the molecule is C#CC(C)(C)NS(=O)(=O)c1cc(Br)ccc1OC. The Morgan fingerprint density at radius 3 is 2.56 bits per heavy atom.